The smallest absolute Gasteiger partial charge is 0.378 e. The SMILES string of the molecule is CCOC(=O)c1n[nH]c(C2COc3ccccc32)n1. The van der Waals surface area contributed by atoms with Gasteiger partial charge in [-0.3, -0.25) is 5.10 Å². The summed E-state index contributed by atoms with van der Waals surface area (Å²) < 4.78 is 10.4. The van der Waals surface area contributed by atoms with Crippen molar-refractivity contribution >= 4 is 5.97 Å². The molecule has 3 rings (SSSR count). The molecule has 1 aromatic heterocycles. The molecule has 1 aromatic carbocycles. The van der Waals surface area contributed by atoms with Crippen LogP contribution in [0.25, 0.3) is 0 Å². The van der Waals surface area contributed by atoms with Crippen molar-refractivity contribution in [1.82, 2.24) is 15.2 Å². The monoisotopic (exact) mass is 259 g/mol. The van der Waals surface area contributed by atoms with Crippen LogP contribution in [0.3, 0.4) is 0 Å². The van der Waals surface area contributed by atoms with Crippen LogP contribution in [0.4, 0.5) is 0 Å². The first-order valence-electron chi connectivity index (χ1n) is 6.10. The maximum absolute atomic E-state index is 11.5. The fourth-order valence-electron chi connectivity index (χ4n) is 2.11. The number of para-hydroxylation sites is 1. The lowest BCUT2D eigenvalue weighted by Gasteiger charge is -2.03. The highest BCUT2D eigenvalue weighted by Gasteiger charge is 2.29. The van der Waals surface area contributed by atoms with Crippen LogP contribution < -0.4 is 4.74 Å². The Morgan fingerprint density at radius 3 is 3.21 bits per heavy atom. The molecule has 2 aromatic rings. The number of aromatic amines is 1. The Kier molecular flexibility index (Phi) is 2.91. The third-order valence-electron chi connectivity index (χ3n) is 2.99. The zero-order valence-corrected chi connectivity index (χ0v) is 10.4. The number of rotatable bonds is 3. The standard InChI is InChI=1S/C13H13N3O3/c1-2-18-13(17)12-14-11(15-16-12)9-7-19-10-6-4-3-5-8(9)10/h3-6,9H,2,7H2,1H3,(H,14,15,16). The predicted molar refractivity (Wildman–Crippen MR) is 66.1 cm³/mol. The summed E-state index contributed by atoms with van der Waals surface area (Å²) in [4.78, 5) is 15.7. The van der Waals surface area contributed by atoms with E-state index in [0.717, 1.165) is 11.3 Å². The van der Waals surface area contributed by atoms with Gasteiger partial charge in [0.25, 0.3) is 5.82 Å². The van der Waals surface area contributed by atoms with Gasteiger partial charge in [0.1, 0.15) is 18.2 Å². The highest BCUT2D eigenvalue weighted by atomic mass is 16.5. The van der Waals surface area contributed by atoms with Crippen molar-refractivity contribution in [3.63, 3.8) is 0 Å². The Hall–Kier alpha value is -2.37. The fraction of sp³-hybridized carbons (Fsp3) is 0.308. The van der Waals surface area contributed by atoms with Crippen LogP contribution in [0.5, 0.6) is 5.75 Å². The minimum Gasteiger partial charge on any atom is -0.492 e. The molecule has 0 saturated carbocycles. The molecule has 2 heterocycles. The molecule has 1 unspecified atom stereocenters. The first kappa shape index (κ1) is 11.7. The van der Waals surface area contributed by atoms with E-state index in [4.69, 9.17) is 9.47 Å². The number of nitrogens with one attached hydrogen (secondary N) is 1. The molecule has 0 fully saturated rings. The third-order valence-corrected chi connectivity index (χ3v) is 2.99. The normalized spacial score (nSPS) is 16.8. The Balaban J connectivity index is 1.87. The molecule has 1 N–H and O–H groups in total. The van der Waals surface area contributed by atoms with E-state index >= 15 is 0 Å². The second kappa shape index (κ2) is 4.72. The number of esters is 1. The Morgan fingerprint density at radius 1 is 1.53 bits per heavy atom. The van der Waals surface area contributed by atoms with E-state index in [1.54, 1.807) is 6.92 Å². The summed E-state index contributed by atoms with van der Waals surface area (Å²) in [7, 11) is 0. The number of benzene rings is 1. The second-order valence-corrected chi connectivity index (χ2v) is 4.17. The summed E-state index contributed by atoms with van der Waals surface area (Å²) in [5, 5.41) is 6.67. The molecule has 0 aliphatic carbocycles. The van der Waals surface area contributed by atoms with Gasteiger partial charge in [0, 0.05) is 5.56 Å². The van der Waals surface area contributed by atoms with Gasteiger partial charge in [0.15, 0.2) is 0 Å². The summed E-state index contributed by atoms with van der Waals surface area (Å²) in [6.07, 6.45) is 0. The summed E-state index contributed by atoms with van der Waals surface area (Å²) in [6, 6.07) is 7.77. The Morgan fingerprint density at radius 2 is 2.37 bits per heavy atom. The minimum atomic E-state index is -0.516. The maximum atomic E-state index is 11.5. The van der Waals surface area contributed by atoms with Gasteiger partial charge in [-0.15, -0.1) is 5.10 Å². The third kappa shape index (κ3) is 2.05. The molecule has 0 bridgehead atoms. The van der Waals surface area contributed by atoms with Crippen molar-refractivity contribution in [3.05, 3.63) is 41.5 Å². The van der Waals surface area contributed by atoms with Crippen LogP contribution in [-0.4, -0.2) is 34.4 Å². The molecule has 6 heteroatoms. The van der Waals surface area contributed by atoms with E-state index in [1.165, 1.54) is 0 Å². The lowest BCUT2D eigenvalue weighted by Crippen LogP contribution is -2.08. The molecular formula is C13H13N3O3. The molecule has 1 atom stereocenters. The van der Waals surface area contributed by atoms with Crippen LogP contribution in [0, 0.1) is 0 Å². The fourth-order valence-corrected chi connectivity index (χ4v) is 2.11. The van der Waals surface area contributed by atoms with Gasteiger partial charge in [-0.1, -0.05) is 18.2 Å². The highest BCUT2D eigenvalue weighted by Crippen LogP contribution is 2.36. The van der Waals surface area contributed by atoms with Crippen molar-refractivity contribution in [2.45, 2.75) is 12.8 Å². The number of aromatic nitrogens is 3. The van der Waals surface area contributed by atoms with Crippen molar-refractivity contribution in [3.8, 4) is 5.75 Å². The zero-order chi connectivity index (χ0) is 13.2. The number of carbonyl (C=O) groups is 1. The molecule has 1 aliphatic rings. The molecule has 98 valence electrons. The number of ether oxygens (including phenoxy) is 2. The summed E-state index contributed by atoms with van der Waals surface area (Å²) in [6.45, 7) is 2.54. The van der Waals surface area contributed by atoms with Gasteiger partial charge in [0.2, 0.25) is 0 Å². The molecule has 0 spiro atoms. The van der Waals surface area contributed by atoms with Crippen LogP contribution in [-0.2, 0) is 4.74 Å². The maximum Gasteiger partial charge on any atom is 0.378 e. The van der Waals surface area contributed by atoms with Crippen LogP contribution in [0.2, 0.25) is 0 Å². The lowest BCUT2D eigenvalue weighted by molar-refractivity contribution is 0.0512. The number of carbonyl (C=O) groups excluding carboxylic acids is 1. The summed E-state index contributed by atoms with van der Waals surface area (Å²) in [5.41, 5.74) is 1.05. The van der Waals surface area contributed by atoms with Gasteiger partial charge in [-0.2, -0.15) is 0 Å². The molecule has 6 nitrogen and oxygen atoms in total. The largest absolute Gasteiger partial charge is 0.492 e. The number of hydrogen-bond donors (Lipinski definition) is 1. The van der Waals surface area contributed by atoms with E-state index in [0.29, 0.717) is 19.0 Å². The topological polar surface area (TPSA) is 77.1 Å². The Labute approximate surface area is 109 Å². The lowest BCUT2D eigenvalue weighted by atomic mass is 10.0. The summed E-state index contributed by atoms with van der Waals surface area (Å²) >= 11 is 0. The van der Waals surface area contributed by atoms with E-state index in [1.807, 2.05) is 24.3 Å². The average molecular weight is 259 g/mol. The average Bonchev–Trinajstić information content (AvgIpc) is 3.05. The first-order chi connectivity index (χ1) is 9.29. The van der Waals surface area contributed by atoms with Gasteiger partial charge >= 0.3 is 5.97 Å². The van der Waals surface area contributed by atoms with Gasteiger partial charge in [-0.05, 0) is 13.0 Å². The van der Waals surface area contributed by atoms with Crippen molar-refractivity contribution in [2.24, 2.45) is 0 Å². The predicted octanol–water partition coefficient (Wildman–Crippen LogP) is 1.51. The first-order valence-corrected chi connectivity index (χ1v) is 6.10. The molecular weight excluding hydrogens is 246 g/mol. The van der Waals surface area contributed by atoms with E-state index in [-0.39, 0.29) is 11.7 Å². The second-order valence-electron chi connectivity index (χ2n) is 4.17. The van der Waals surface area contributed by atoms with Crippen molar-refractivity contribution < 1.29 is 14.3 Å². The Bertz CT molecular complexity index is 609. The zero-order valence-electron chi connectivity index (χ0n) is 10.4. The van der Waals surface area contributed by atoms with E-state index in [2.05, 4.69) is 15.2 Å². The minimum absolute atomic E-state index is 0.0214. The number of hydrogen-bond acceptors (Lipinski definition) is 5. The highest BCUT2D eigenvalue weighted by molar-refractivity contribution is 5.84. The molecule has 0 amide bonds. The van der Waals surface area contributed by atoms with Crippen molar-refractivity contribution in [2.75, 3.05) is 13.2 Å². The number of H-pyrrole nitrogens is 1. The molecule has 0 saturated heterocycles. The molecule has 0 radical (unpaired) electrons. The summed E-state index contributed by atoms with van der Waals surface area (Å²) in [5.74, 6) is 0.986. The number of nitrogens with zero attached hydrogens (tertiary/aromatic N) is 2. The van der Waals surface area contributed by atoms with Crippen LogP contribution >= 0.6 is 0 Å². The van der Waals surface area contributed by atoms with Crippen LogP contribution in [0.1, 0.15) is 34.8 Å². The van der Waals surface area contributed by atoms with Crippen molar-refractivity contribution in [1.29, 1.82) is 0 Å². The van der Waals surface area contributed by atoms with Gasteiger partial charge in [-0.25, -0.2) is 9.78 Å². The molecule has 19 heavy (non-hydrogen) atoms. The van der Waals surface area contributed by atoms with Gasteiger partial charge < -0.3 is 9.47 Å². The van der Waals surface area contributed by atoms with E-state index in [9.17, 15) is 4.79 Å². The van der Waals surface area contributed by atoms with Crippen LogP contribution in [0.15, 0.2) is 24.3 Å². The van der Waals surface area contributed by atoms with E-state index < -0.39 is 5.97 Å². The van der Waals surface area contributed by atoms with Gasteiger partial charge in [0.05, 0.1) is 12.5 Å². The quantitative estimate of drug-likeness (QED) is 0.845. The molecule has 1 aliphatic heterocycles. The number of fused-ring (bicyclic) bond motifs is 1.